The molecule has 2 rings (SSSR count). The smallest absolute Gasteiger partial charge is 0.144 e. The lowest BCUT2D eigenvalue weighted by Gasteiger charge is -2.32. The molecule has 1 aliphatic rings. The van der Waals surface area contributed by atoms with E-state index in [0.717, 1.165) is 18.7 Å². The number of hydrogen-bond donors (Lipinski definition) is 1. The Labute approximate surface area is 128 Å². The van der Waals surface area contributed by atoms with Gasteiger partial charge in [0.05, 0.1) is 6.07 Å². The highest BCUT2D eigenvalue weighted by Crippen LogP contribution is 2.22. The van der Waals surface area contributed by atoms with Crippen LogP contribution in [0.1, 0.15) is 12.0 Å². The normalized spacial score (nSPS) is 22.1. The molecule has 2 atom stereocenters. The Kier molecular flexibility index (Phi) is 5.35. The van der Waals surface area contributed by atoms with Gasteiger partial charge in [-0.1, -0.05) is 30.3 Å². The largest absolute Gasteiger partial charge is 0.306 e. The van der Waals surface area contributed by atoms with Gasteiger partial charge in [0.2, 0.25) is 0 Å². The molecule has 2 unspecified atom stereocenters. The highest BCUT2D eigenvalue weighted by molar-refractivity contribution is 5.31. The van der Waals surface area contributed by atoms with Crippen LogP contribution in [-0.4, -0.2) is 57.1 Å². The summed E-state index contributed by atoms with van der Waals surface area (Å²) in [6, 6.07) is 12.5. The standard InChI is InChI=1S/C17H26N4/c1-19-17(13-18,16-7-5-4-6-8-16)14-21(3)12-15-9-10-20(2)11-15/h4-8,15,19H,9-12,14H2,1-3H3. The molecule has 4 nitrogen and oxygen atoms in total. The first-order valence-corrected chi connectivity index (χ1v) is 7.62. The minimum atomic E-state index is -0.638. The second-order valence-electron chi connectivity index (χ2n) is 6.25. The van der Waals surface area contributed by atoms with Gasteiger partial charge >= 0.3 is 0 Å². The second-order valence-corrected chi connectivity index (χ2v) is 6.25. The number of benzene rings is 1. The lowest BCUT2D eigenvalue weighted by atomic mass is 9.90. The highest BCUT2D eigenvalue weighted by Gasteiger charge is 2.32. The van der Waals surface area contributed by atoms with E-state index in [-0.39, 0.29) is 0 Å². The first-order valence-electron chi connectivity index (χ1n) is 7.62. The third kappa shape index (κ3) is 3.82. The fraction of sp³-hybridized carbons (Fsp3) is 0.588. The zero-order valence-corrected chi connectivity index (χ0v) is 13.3. The van der Waals surface area contributed by atoms with Gasteiger partial charge in [-0.2, -0.15) is 5.26 Å². The van der Waals surface area contributed by atoms with Crippen molar-refractivity contribution in [2.75, 3.05) is 47.3 Å². The summed E-state index contributed by atoms with van der Waals surface area (Å²) in [5, 5.41) is 13.0. The van der Waals surface area contributed by atoms with Gasteiger partial charge in [0.15, 0.2) is 0 Å². The molecular weight excluding hydrogens is 260 g/mol. The van der Waals surface area contributed by atoms with Crippen molar-refractivity contribution in [3.63, 3.8) is 0 Å². The molecule has 1 N–H and O–H groups in total. The molecule has 1 aliphatic heterocycles. The van der Waals surface area contributed by atoms with Crippen LogP contribution in [-0.2, 0) is 5.54 Å². The van der Waals surface area contributed by atoms with Crippen LogP contribution in [0.2, 0.25) is 0 Å². The molecule has 0 spiro atoms. The number of nitriles is 1. The number of hydrogen-bond acceptors (Lipinski definition) is 4. The van der Waals surface area contributed by atoms with Crippen molar-refractivity contribution in [1.82, 2.24) is 15.1 Å². The molecule has 114 valence electrons. The SMILES string of the molecule is CNC(C#N)(CN(C)CC1CCN(C)C1)c1ccccc1. The highest BCUT2D eigenvalue weighted by atomic mass is 15.2. The molecule has 0 aliphatic carbocycles. The number of likely N-dealkylation sites (N-methyl/N-ethyl adjacent to an activating group) is 2. The lowest BCUT2D eigenvalue weighted by molar-refractivity contribution is 0.224. The van der Waals surface area contributed by atoms with Gasteiger partial charge < -0.3 is 9.80 Å². The summed E-state index contributed by atoms with van der Waals surface area (Å²) in [5.41, 5.74) is 0.394. The first-order chi connectivity index (χ1) is 10.1. The van der Waals surface area contributed by atoms with Gasteiger partial charge in [-0.15, -0.1) is 0 Å². The summed E-state index contributed by atoms with van der Waals surface area (Å²) in [4.78, 5) is 4.67. The number of nitrogens with one attached hydrogen (secondary N) is 1. The topological polar surface area (TPSA) is 42.3 Å². The quantitative estimate of drug-likeness (QED) is 0.861. The summed E-state index contributed by atoms with van der Waals surface area (Å²) in [5.74, 6) is 0.712. The predicted octanol–water partition coefficient (Wildman–Crippen LogP) is 1.51. The zero-order chi connectivity index (χ0) is 15.3. The maximum Gasteiger partial charge on any atom is 0.144 e. The molecule has 1 fully saturated rings. The van der Waals surface area contributed by atoms with Crippen molar-refractivity contribution >= 4 is 0 Å². The Hall–Kier alpha value is -1.41. The molecule has 4 heteroatoms. The Morgan fingerprint density at radius 1 is 1.43 bits per heavy atom. The summed E-state index contributed by atoms with van der Waals surface area (Å²) in [7, 11) is 6.16. The molecule has 0 bridgehead atoms. The van der Waals surface area contributed by atoms with Crippen molar-refractivity contribution in [2.24, 2.45) is 5.92 Å². The van der Waals surface area contributed by atoms with Gasteiger partial charge in [-0.25, -0.2) is 0 Å². The van der Waals surface area contributed by atoms with E-state index < -0.39 is 5.54 Å². The van der Waals surface area contributed by atoms with Gasteiger partial charge in [0.25, 0.3) is 0 Å². The van der Waals surface area contributed by atoms with Crippen molar-refractivity contribution in [3.05, 3.63) is 35.9 Å². The number of likely N-dealkylation sites (tertiary alicyclic amines) is 1. The summed E-state index contributed by atoms with van der Waals surface area (Å²) in [6.45, 7) is 4.09. The van der Waals surface area contributed by atoms with Crippen LogP contribution in [0, 0.1) is 17.2 Å². The van der Waals surface area contributed by atoms with E-state index in [1.54, 1.807) is 0 Å². The van der Waals surface area contributed by atoms with E-state index in [9.17, 15) is 5.26 Å². The van der Waals surface area contributed by atoms with Gasteiger partial charge in [-0.3, -0.25) is 5.32 Å². The predicted molar refractivity (Wildman–Crippen MR) is 85.9 cm³/mol. The van der Waals surface area contributed by atoms with Crippen LogP contribution in [0.5, 0.6) is 0 Å². The minimum absolute atomic E-state index is 0.638. The lowest BCUT2D eigenvalue weighted by Crippen LogP contribution is -2.48. The van der Waals surface area contributed by atoms with Crippen LogP contribution in [0.25, 0.3) is 0 Å². The average Bonchev–Trinajstić information content (AvgIpc) is 2.91. The molecule has 0 aromatic heterocycles. The number of rotatable bonds is 6. The summed E-state index contributed by atoms with van der Waals surface area (Å²) >= 11 is 0. The third-order valence-corrected chi connectivity index (χ3v) is 4.45. The third-order valence-electron chi connectivity index (χ3n) is 4.45. The van der Waals surface area contributed by atoms with E-state index in [0.29, 0.717) is 12.5 Å². The fourth-order valence-corrected chi connectivity index (χ4v) is 3.28. The Morgan fingerprint density at radius 2 is 2.14 bits per heavy atom. The van der Waals surface area contributed by atoms with Crippen molar-refractivity contribution in [3.8, 4) is 6.07 Å². The minimum Gasteiger partial charge on any atom is -0.306 e. The van der Waals surface area contributed by atoms with Gasteiger partial charge in [0, 0.05) is 19.6 Å². The van der Waals surface area contributed by atoms with E-state index in [1.165, 1.54) is 13.0 Å². The van der Waals surface area contributed by atoms with E-state index in [2.05, 4.69) is 35.3 Å². The molecule has 1 saturated heterocycles. The molecule has 21 heavy (non-hydrogen) atoms. The van der Waals surface area contributed by atoms with Crippen LogP contribution in [0.15, 0.2) is 30.3 Å². The molecule has 1 heterocycles. The van der Waals surface area contributed by atoms with Gasteiger partial charge in [0.1, 0.15) is 5.54 Å². The maximum atomic E-state index is 9.73. The summed E-state index contributed by atoms with van der Waals surface area (Å²) in [6.07, 6.45) is 1.26. The Balaban J connectivity index is 2.04. The molecular formula is C17H26N4. The van der Waals surface area contributed by atoms with E-state index in [1.807, 2.05) is 37.4 Å². The maximum absolute atomic E-state index is 9.73. The van der Waals surface area contributed by atoms with Crippen LogP contribution < -0.4 is 5.32 Å². The summed E-state index contributed by atoms with van der Waals surface area (Å²) < 4.78 is 0. The Bertz CT molecular complexity index is 481. The molecule has 1 aromatic rings. The second kappa shape index (κ2) is 7.04. The average molecular weight is 286 g/mol. The van der Waals surface area contributed by atoms with E-state index in [4.69, 9.17) is 0 Å². The van der Waals surface area contributed by atoms with Gasteiger partial charge in [-0.05, 0) is 45.6 Å². The molecule has 1 aromatic carbocycles. The van der Waals surface area contributed by atoms with Crippen LogP contribution >= 0.6 is 0 Å². The van der Waals surface area contributed by atoms with Crippen molar-refractivity contribution < 1.29 is 0 Å². The molecule has 0 saturated carbocycles. The molecule has 0 amide bonds. The van der Waals surface area contributed by atoms with Crippen LogP contribution in [0.3, 0.4) is 0 Å². The van der Waals surface area contributed by atoms with Crippen molar-refractivity contribution in [1.29, 1.82) is 5.26 Å². The Morgan fingerprint density at radius 3 is 2.67 bits per heavy atom. The van der Waals surface area contributed by atoms with E-state index >= 15 is 0 Å². The first kappa shape index (κ1) is 16.0. The monoisotopic (exact) mass is 286 g/mol. The molecule has 0 radical (unpaired) electrons. The zero-order valence-electron chi connectivity index (χ0n) is 13.3. The number of nitrogens with zero attached hydrogens (tertiary/aromatic N) is 3. The van der Waals surface area contributed by atoms with Crippen LogP contribution in [0.4, 0.5) is 0 Å². The van der Waals surface area contributed by atoms with Crippen molar-refractivity contribution in [2.45, 2.75) is 12.0 Å². The fourth-order valence-electron chi connectivity index (χ4n) is 3.28.